The summed E-state index contributed by atoms with van der Waals surface area (Å²) >= 11 is 0. The maximum atomic E-state index is 11.9. The van der Waals surface area contributed by atoms with Crippen LogP contribution in [0.5, 0.6) is 0 Å². The van der Waals surface area contributed by atoms with Crippen molar-refractivity contribution in [3.05, 3.63) is 0 Å². The molecule has 1 aliphatic rings. The molecule has 1 atom stereocenters. The highest BCUT2D eigenvalue weighted by Gasteiger charge is 2.37. The Morgan fingerprint density at radius 2 is 1.95 bits per heavy atom. The van der Waals surface area contributed by atoms with Gasteiger partial charge in [-0.15, -0.1) is 0 Å². The smallest absolute Gasteiger partial charge is 0.411 e. The lowest BCUT2D eigenvalue weighted by Crippen LogP contribution is -2.44. The van der Waals surface area contributed by atoms with E-state index in [1.54, 1.807) is 20.8 Å². The van der Waals surface area contributed by atoms with Crippen LogP contribution in [0.3, 0.4) is 0 Å². The molecular weight excluding hydrogens is 252 g/mol. The molecule has 0 spiro atoms. The summed E-state index contributed by atoms with van der Waals surface area (Å²) < 4.78 is 9.95. The van der Waals surface area contributed by atoms with Gasteiger partial charge in [-0.1, -0.05) is 0 Å². The summed E-state index contributed by atoms with van der Waals surface area (Å²) in [5, 5.41) is 0. The van der Waals surface area contributed by atoms with Crippen molar-refractivity contribution in [1.29, 1.82) is 0 Å². The SMILES string of the molecule is CC(C)(C)OC(=O)N1CCC[C@H]1C(=O)OCC(N)=O. The van der Waals surface area contributed by atoms with Gasteiger partial charge >= 0.3 is 12.1 Å². The first kappa shape index (κ1) is 15.3. The monoisotopic (exact) mass is 272 g/mol. The minimum Gasteiger partial charge on any atom is -0.454 e. The van der Waals surface area contributed by atoms with Gasteiger partial charge in [0.1, 0.15) is 11.6 Å². The molecule has 1 saturated heterocycles. The van der Waals surface area contributed by atoms with Crippen LogP contribution in [-0.4, -0.2) is 47.7 Å². The van der Waals surface area contributed by atoms with Crippen molar-refractivity contribution in [2.45, 2.75) is 45.3 Å². The molecule has 108 valence electrons. The van der Waals surface area contributed by atoms with Gasteiger partial charge < -0.3 is 15.2 Å². The molecule has 0 bridgehead atoms. The largest absolute Gasteiger partial charge is 0.454 e. The van der Waals surface area contributed by atoms with Gasteiger partial charge in [-0.2, -0.15) is 0 Å². The minimum absolute atomic E-state index is 0.436. The number of carbonyl (C=O) groups is 3. The summed E-state index contributed by atoms with van der Waals surface area (Å²) in [6.07, 6.45) is 0.637. The van der Waals surface area contributed by atoms with Crippen molar-refractivity contribution >= 4 is 18.0 Å². The molecule has 0 saturated carbocycles. The molecule has 1 fully saturated rings. The van der Waals surface area contributed by atoms with E-state index in [1.165, 1.54) is 4.90 Å². The standard InChI is InChI=1S/C12H20N2O5/c1-12(2,3)19-11(17)14-6-4-5-8(14)10(16)18-7-9(13)15/h8H,4-7H2,1-3H3,(H2,13,15)/t8-/m0/s1. The Kier molecular flexibility index (Phi) is 4.74. The first-order valence-electron chi connectivity index (χ1n) is 6.15. The van der Waals surface area contributed by atoms with E-state index in [0.29, 0.717) is 19.4 Å². The van der Waals surface area contributed by atoms with Gasteiger partial charge in [-0.3, -0.25) is 9.69 Å². The number of hydrogen-bond donors (Lipinski definition) is 1. The van der Waals surface area contributed by atoms with Gasteiger partial charge in [0.25, 0.3) is 5.91 Å². The molecule has 0 aromatic rings. The first-order chi connectivity index (χ1) is 8.70. The number of esters is 1. The fourth-order valence-electron chi connectivity index (χ4n) is 1.79. The van der Waals surface area contributed by atoms with Crippen molar-refractivity contribution in [3.63, 3.8) is 0 Å². The van der Waals surface area contributed by atoms with Gasteiger partial charge in [0.2, 0.25) is 0 Å². The molecule has 0 radical (unpaired) electrons. The average molecular weight is 272 g/mol. The lowest BCUT2D eigenvalue weighted by Gasteiger charge is -2.27. The maximum absolute atomic E-state index is 11.9. The van der Waals surface area contributed by atoms with E-state index in [9.17, 15) is 14.4 Å². The molecule has 0 aromatic heterocycles. The van der Waals surface area contributed by atoms with Gasteiger partial charge in [0.05, 0.1) is 0 Å². The summed E-state index contributed by atoms with van der Waals surface area (Å²) in [6, 6.07) is -0.700. The first-order valence-corrected chi connectivity index (χ1v) is 6.15. The molecule has 19 heavy (non-hydrogen) atoms. The third kappa shape index (κ3) is 4.76. The molecule has 7 nitrogen and oxygen atoms in total. The predicted octanol–water partition coefficient (Wildman–Crippen LogP) is 0.414. The fraction of sp³-hybridized carbons (Fsp3) is 0.750. The average Bonchev–Trinajstić information content (AvgIpc) is 2.72. The van der Waals surface area contributed by atoms with Crippen molar-refractivity contribution in [1.82, 2.24) is 4.90 Å². The zero-order chi connectivity index (χ0) is 14.6. The van der Waals surface area contributed by atoms with Crippen LogP contribution in [0.15, 0.2) is 0 Å². The molecule has 1 aliphatic heterocycles. The van der Waals surface area contributed by atoms with E-state index in [-0.39, 0.29) is 0 Å². The van der Waals surface area contributed by atoms with E-state index in [4.69, 9.17) is 15.2 Å². The molecule has 7 heteroatoms. The molecule has 0 aliphatic carbocycles. The van der Waals surface area contributed by atoms with E-state index in [0.717, 1.165) is 0 Å². The van der Waals surface area contributed by atoms with Crippen LogP contribution in [0.1, 0.15) is 33.6 Å². The van der Waals surface area contributed by atoms with Crippen LogP contribution in [-0.2, 0) is 19.1 Å². The zero-order valence-electron chi connectivity index (χ0n) is 11.5. The van der Waals surface area contributed by atoms with Crippen LogP contribution in [0.2, 0.25) is 0 Å². The van der Waals surface area contributed by atoms with Crippen molar-refractivity contribution in [2.24, 2.45) is 5.73 Å². The normalized spacial score (nSPS) is 19.1. The lowest BCUT2D eigenvalue weighted by molar-refractivity contribution is -0.152. The van der Waals surface area contributed by atoms with Crippen LogP contribution in [0.4, 0.5) is 4.79 Å². The van der Waals surface area contributed by atoms with Crippen LogP contribution in [0, 0.1) is 0 Å². The Hall–Kier alpha value is -1.79. The van der Waals surface area contributed by atoms with Gasteiger partial charge in [0.15, 0.2) is 6.61 Å². The number of amides is 2. The summed E-state index contributed by atoms with van der Waals surface area (Å²) in [5.74, 6) is -1.35. The van der Waals surface area contributed by atoms with Crippen LogP contribution in [0.25, 0.3) is 0 Å². The maximum Gasteiger partial charge on any atom is 0.411 e. The highest BCUT2D eigenvalue weighted by Crippen LogP contribution is 2.21. The van der Waals surface area contributed by atoms with Crippen LogP contribution < -0.4 is 5.73 Å². The Labute approximate surface area is 112 Å². The summed E-state index contributed by atoms with van der Waals surface area (Å²) in [6.45, 7) is 5.22. The Balaban J connectivity index is 2.60. The van der Waals surface area contributed by atoms with Gasteiger partial charge in [0, 0.05) is 6.54 Å². The molecule has 0 aromatic carbocycles. The fourth-order valence-corrected chi connectivity index (χ4v) is 1.79. The highest BCUT2D eigenvalue weighted by atomic mass is 16.6. The lowest BCUT2D eigenvalue weighted by atomic mass is 10.2. The second kappa shape index (κ2) is 5.90. The van der Waals surface area contributed by atoms with E-state index in [2.05, 4.69) is 0 Å². The number of ether oxygens (including phenoxy) is 2. The Bertz CT molecular complexity index is 375. The van der Waals surface area contributed by atoms with E-state index < -0.39 is 36.2 Å². The van der Waals surface area contributed by atoms with Gasteiger partial charge in [-0.25, -0.2) is 9.59 Å². The van der Waals surface area contributed by atoms with Crippen molar-refractivity contribution in [2.75, 3.05) is 13.2 Å². The molecular formula is C12H20N2O5. The molecule has 1 heterocycles. The number of primary amides is 1. The molecule has 0 unspecified atom stereocenters. The quantitative estimate of drug-likeness (QED) is 0.750. The van der Waals surface area contributed by atoms with E-state index >= 15 is 0 Å². The topological polar surface area (TPSA) is 98.9 Å². The van der Waals surface area contributed by atoms with Crippen LogP contribution >= 0.6 is 0 Å². The Morgan fingerprint density at radius 3 is 2.47 bits per heavy atom. The summed E-state index contributed by atoms with van der Waals surface area (Å²) in [4.78, 5) is 35.6. The number of nitrogens with zero attached hydrogens (tertiary/aromatic N) is 1. The number of carbonyl (C=O) groups excluding carboxylic acids is 3. The third-order valence-electron chi connectivity index (χ3n) is 2.51. The molecule has 1 rings (SSSR count). The number of hydrogen-bond acceptors (Lipinski definition) is 5. The second-order valence-electron chi connectivity index (χ2n) is 5.41. The minimum atomic E-state index is -0.727. The summed E-state index contributed by atoms with van der Waals surface area (Å²) in [7, 11) is 0. The molecule has 2 amide bonds. The van der Waals surface area contributed by atoms with E-state index in [1.807, 2.05) is 0 Å². The number of likely N-dealkylation sites (tertiary alicyclic amines) is 1. The predicted molar refractivity (Wildman–Crippen MR) is 66.1 cm³/mol. The second-order valence-corrected chi connectivity index (χ2v) is 5.41. The number of rotatable bonds is 3. The third-order valence-corrected chi connectivity index (χ3v) is 2.51. The van der Waals surface area contributed by atoms with Crippen molar-refractivity contribution < 1.29 is 23.9 Å². The molecule has 2 N–H and O–H groups in total. The zero-order valence-corrected chi connectivity index (χ0v) is 11.5. The Morgan fingerprint density at radius 1 is 1.32 bits per heavy atom. The van der Waals surface area contributed by atoms with Gasteiger partial charge in [-0.05, 0) is 33.6 Å². The highest BCUT2D eigenvalue weighted by molar-refractivity contribution is 5.84. The summed E-state index contributed by atoms with van der Waals surface area (Å²) in [5.41, 5.74) is 4.27. The van der Waals surface area contributed by atoms with Crippen molar-refractivity contribution in [3.8, 4) is 0 Å². The number of nitrogens with two attached hydrogens (primary N) is 1.